The fourth-order valence-corrected chi connectivity index (χ4v) is 4.95. The van der Waals surface area contributed by atoms with E-state index < -0.39 is 17.5 Å². The van der Waals surface area contributed by atoms with E-state index in [1.807, 2.05) is 6.07 Å². The molecule has 0 amide bonds. The molecule has 0 spiro atoms. The van der Waals surface area contributed by atoms with Gasteiger partial charge in [-0.3, -0.25) is 4.98 Å². The van der Waals surface area contributed by atoms with Crippen molar-refractivity contribution in [1.29, 1.82) is 15.8 Å². The summed E-state index contributed by atoms with van der Waals surface area (Å²) in [4.78, 5) is 8.43. The van der Waals surface area contributed by atoms with Crippen molar-refractivity contribution in [2.24, 2.45) is 5.41 Å². The SMILES string of the molecule is Cc1nc(F)ccc1[C@H](Nc1cc(C#N)c2ncc(C#N)c(NCC(C)(C)C)c2c1)c1cn(C2(C#N)CCC2)nn1. The summed E-state index contributed by atoms with van der Waals surface area (Å²) in [5.74, 6) is -0.603. The fraction of sp³-hybridized carbons (Fsp3) is 0.367. The van der Waals surface area contributed by atoms with Gasteiger partial charge in [0.2, 0.25) is 5.95 Å². The molecular formula is C30H29FN10. The lowest BCUT2D eigenvalue weighted by Gasteiger charge is -2.34. The minimum absolute atomic E-state index is 0.0680. The lowest BCUT2D eigenvalue weighted by molar-refractivity contribution is 0.193. The van der Waals surface area contributed by atoms with Gasteiger partial charge in [-0.25, -0.2) is 9.67 Å². The molecule has 10 nitrogen and oxygen atoms in total. The summed E-state index contributed by atoms with van der Waals surface area (Å²) in [5.41, 5.74) is 3.14. The standard InChI is InChI=1S/C30H29FN10/c1-18-22(6-7-25(31)37-18)28(24-15-41(40-39-24)30(16-34)8-5-9-30)38-21-10-19(12-32)26-23(11-21)27(20(13-33)14-35-26)36-17-29(2,3)4/h6-7,10-11,14-15,28,38H,5,8-9,17H2,1-4H3,(H,35,36)/t28-/m0/s1. The van der Waals surface area contributed by atoms with E-state index in [1.165, 1.54) is 12.3 Å². The van der Waals surface area contributed by atoms with Crippen LogP contribution in [0.1, 0.15) is 74.2 Å². The quantitative estimate of drug-likeness (QED) is 0.286. The minimum atomic E-state index is -0.726. The van der Waals surface area contributed by atoms with E-state index in [0.29, 0.717) is 69.7 Å². The van der Waals surface area contributed by atoms with Crippen molar-refractivity contribution in [1.82, 2.24) is 25.0 Å². The van der Waals surface area contributed by atoms with Gasteiger partial charge in [0.15, 0.2) is 5.54 Å². The third-order valence-corrected chi connectivity index (χ3v) is 7.36. The van der Waals surface area contributed by atoms with Crippen LogP contribution in [0.15, 0.2) is 36.7 Å². The lowest BCUT2D eigenvalue weighted by Crippen LogP contribution is -2.39. The highest BCUT2D eigenvalue weighted by molar-refractivity contribution is 5.99. The smallest absolute Gasteiger partial charge is 0.213 e. The van der Waals surface area contributed by atoms with Crippen LogP contribution in [0.3, 0.4) is 0 Å². The van der Waals surface area contributed by atoms with Crippen molar-refractivity contribution in [3.63, 3.8) is 0 Å². The van der Waals surface area contributed by atoms with Crippen molar-refractivity contribution in [3.05, 3.63) is 70.7 Å². The second-order valence-corrected chi connectivity index (χ2v) is 11.6. The Balaban J connectivity index is 1.64. The van der Waals surface area contributed by atoms with Gasteiger partial charge in [-0.05, 0) is 49.8 Å². The molecule has 206 valence electrons. The highest BCUT2D eigenvalue weighted by atomic mass is 19.1. The van der Waals surface area contributed by atoms with Gasteiger partial charge in [0, 0.05) is 35.1 Å². The van der Waals surface area contributed by atoms with Crippen LogP contribution in [-0.4, -0.2) is 31.5 Å². The van der Waals surface area contributed by atoms with Crippen LogP contribution < -0.4 is 10.6 Å². The summed E-state index contributed by atoms with van der Waals surface area (Å²) in [7, 11) is 0. The van der Waals surface area contributed by atoms with E-state index in [4.69, 9.17) is 0 Å². The molecule has 0 bridgehead atoms. The van der Waals surface area contributed by atoms with Crippen LogP contribution in [0.4, 0.5) is 15.8 Å². The van der Waals surface area contributed by atoms with Crippen LogP contribution in [0.5, 0.6) is 0 Å². The topological polar surface area (TPSA) is 152 Å². The van der Waals surface area contributed by atoms with Gasteiger partial charge in [-0.15, -0.1) is 5.10 Å². The molecule has 0 saturated heterocycles. The number of benzene rings is 1. The number of hydrogen-bond donors (Lipinski definition) is 2. The van der Waals surface area contributed by atoms with Crippen LogP contribution in [-0.2, 0) is 5.54 Å². The Kier molecular flexibility index (Phi) is 7.02. The molecule has 0 aliphatic heterocycles. The highest BCUT2D eigenvalue weighted by Gasteiger charge is 2.41. The number of hydrogen-bond acceptors (Lipinski definition) is 9. The lowest BCUT2D eigenvalue weighted by atomic mass is 9.78. The predicted octanol–water partition coefficient (Wildman–Crippen LogP) is 5.47. The zero-order valence-corrected chi connectivity index (χ0v) is 23.3. The van der Waals surface area contributed by atoms with Gasteiger partial charge >= 0.3 is 0 Å². The molecule has 1 saturated carbocycles. The first-order chi connectivity index (χ1) is 19.6. The summed E-state index contributed by atoms with van der Waals surface area (Å²) in [6.45, 7) is 8.55. The molecule has 1 aromatic carbocycles. The first-order valence-electron chi connectivity index (χ1n) is 13.3. The Hall–Kier alpha value is -5.08. The fourth-order valence-electron chi connectivity index (χ4n) is 4.95. The number of nitriles is 3. The summed E-state index contributed by atoms with van der Waals surface area (Å²) in [6.07, 6.45) is 5.53. The molecule has 3 aromatic heterocycles. The van der Waals surface area contributed by atoms with Crippen LogP contribution >= 0.6 is 0 Å². The summed E-state index contributed by atoms with van der Waals surface area (Å²) < 4.78 is 15.6. The highest BCUT2D eigenvalue weighted by Crippen LogP contribution is 2.39. The third kappa shape index (κ3) is 5.25. The normalized spacial score (nSPS) is 14.8. The largest absolute Gasteiger partial charge is 0.383 e. The number of aryl methyl sites for hydroxylation is 1. The Morgan fingerprint density at radius 1 is 1.12 bits per heavy atom. The molecule has 0 unspecified atom stereocenters. The van der Waals surface area contributed by atoms with Gasteiger partial charge in [-0.2, -0.15) is 20.2 Å². The zero-order valence-electron chi connectivity index (χ0n) is 23.3. The van der Waals surface area contributed by atoms with Crippen molar-refractivity contribution < 1.29 is 4.39 Å². The predicted molar refractivity (Wildman–Crippen MR) is 151 cm³/mol. The average molecular weight is 549 g/mol. The Morgan fingerprint density at radius 3 is 2.49 bits per heavy atom. The number of fused-ring (bicyclic) bond motifs is 1. The monoisotopic (exact) mass is 548 g/mol. The van der Waals surface area contributed by atoms with Crippen molar-refractivity contribution in [2.75, 3.05) is 17.2 Å². The van der Waals surface area contributed by atoms with Crippen molar-refractivity contribution in [3.8, 4) is 18.2 Å². The number of aromatic nitrogens is 5. The van der Waals surface area contributed by atoms with Crippen molar-refractivity contribution >= 4 is 22.3 Å². The van der Waals surface area contributed by atoms with Crippen LogP contribution in [0, 0.1) is 52.3 Å². The molecule has 11 heteroatoms. The average Bonchev–Trinajstić information content (AvgIpc) is 3.39. The van der Waals surface area contributed by atoms with E-state index in [0.717, 1.165) is 6.42 Å². The Bertz CT molecular complexity index is 1760. The molecule has 1 aliphatic rings. The van der Waals surface area contributed by atoms with Crippen LogP contribution in [0.2, 0.25) is 0 Å². The number of anilines is 2. The third-order valence-electron chi connectivity index (χ3n) is 7.36. The first kappa shape index (κ1) is 27.5. The molecule has 3 heterocycles. The van der Waals surface area contributed by atoms with E-state index >= 15 is 0 Å². The maximum absolute atomic E-state index is 14.0. The number of nitrogens with one attached hydrogen (secondary N) is 2. The molecule has 4 aromatic rings. The number of pyridine rings is 2. The van der Waals surface area contributed by atoms with Crippen molar-refractivity contribution in [2.45, 2.75) is 58.5 Å². The molecule has 1 aliphatic carbocycles. The second kappa shape index (κ2) is 10.5. The summed E-state index contributed by atoms with van der Waals surface area (Å²) in [6, 6.07) is 12.6. The molecular weight excluding hydrogens is 519 g/mol. The number of rotatable bonds is 7. The van der Waals surface area contributed by atoms with Gasteiger partial charge in [0.05, 0.1) is 40.6 Å². The number of halogens is 1. The first-order valence-corrected chi connectivity index (χ1v) is 13.3. The molecule has 41 heavy (non-hydrogen) atoms. The summed E-state index contributed by atoms with van der Waals surface area (Å²) in [5, 5.41) is 45.8. The molecule has 0 radical (unpaired) electrons. The number of nitrogens with zero attached hydrogens (tertiary/aromatic N) is 8. The zero-order chi connectivity index (χ0) is 29.4. The molecule has 5 rings (SSSR count). The maximum atomic E-state index is 14.0. The molecule has 1 atom stereocenters. The van der Waals surface area contributed by atoms with Gasteiger partial charge in [-0.1, -0.05) is 32.1 Å². The van der Waals surface area contributed by atoms with Gasteiger partial charge < -0.3 is 10.6 Å². The van der Waals surface area contributed by atoms with E-state index in [-0.39, 0.29) is 5.41 Å². The molecule has 2 N–H and O–H groups in total. The summed E-state index contributed by atoms with van der Waals surface area (Å²) >= 11 is 0. The van der Waals surface area contributed by atoms with Gasteiger partial charge in [0.1, 0.15) is 17.8 Å². The van der Waals surface area contributed by atoms with Gasteiger partial charge in [0.25, 0.3) is 0 Å². The second-order valence-electron chi connectivity index (χ2n) is 11.6. The Morgan fingerprint density at radius 2 is 1.88 bits per heavy atom. The van der Waals surface area contributed by atoms with E-state index in [2.05, 4.69) is 69.9 Å². The maximum Gasteiger partial charge on any atom is 0.213 e. The Labute approximate surface area is 237 Å². The van der Waals surface area contributed by atoms with Crippen LogP contribution in [0.25, 0.3) is 10.9 Å². The molecule has 1 fully saturated rings. The van der Waals surface area contributed by atoms with E-state index in [1.54, 1.807) is 29.9 Å². The minimum Gasteiger partial charge on any atom is -0.383 e. The van der Waals surface area contributed by atoms with E-state index in [9.17, 15) is 20.2 Å².